The lowest BCUT2D eigenvalue weighted by atomic mass is 10.1. The number of hydrogen-bond donors (Lipinski definition) is 1. The van der Waals surface area contributed by atoms with Crippen LogP contribution in [-0.4, -0.2) is 50.0 Å². The average molecular weight is 410 g/mol. The molecule has 3 rings (SSSR count). The summed E-state index contributed by atoms with van der Waals surface area (Å²) in [5.41, 5.74) is 3.66. The predicted molar refractivity (Wildman–Crippen MR) is 120 cm³/mol. The van der Waals surface area contributed by atoms with Gasteiger partial charge in [-0.05, 0) is 62.9 Å². The van der Waals surface area contributed by atoms with Crippen molar-refractivity contribution >= 4 is 23.2 Å². The van der Waals surface area contributed by atoms with E-state index in [2.05, 4.69) is 5.32 Å². The number of methoxy groups -OCH3 is 1. The minimum absolute atomic E-state index is 0.0659. The molecule has 6 heteroatoms. The van der Waals surface area contributed by atoms with Gasteiger partial charge in [-0.15, -0.1) is 0 Å². The number of aryl methyl sites for hydroxylation is 2. The van der Waals surface area contributed by atoms with Crippen molar-refractivity contribution in [3.8, 4) is 5.75 Å². The molecule has 0 aromatic heterocycles. The maximum atomic E-state index is 12.9. The van der Waals surface area contributed by atoms with Gasteiger partial charge in [0.1, 0.15) is 5.75 Å². The Morgan fingerprint density at radius 1 is 0.967 bits per heavy atom. The Hall–Kier alpha value is -3.02. The number of amides is 2. The van der Waals surface area contributed by atoms with E-state index in [0.29, 0.717) is 11.4 Å². The van der Waals surface area contributed by atoms with Gasteiger partial charge in [-0.3, -0.25) is 9.59 Å². The highest BCUT2D eigenvalue weighted by molar-refractivity contribution is 5.96. The molecule has 6 nitrogen and oxygen atoms in total. The molecule has 2 aromatic carbocycles. The average Bonchev–Trinajstić information content (AvgIpc) is 2.74. The van der Waals surface area contributed by atoms with E-state index in [1.807, 2.05) is 66.1 Å². The van der Waals surface area contributed by atoms with Crippen LogP contribution in [0, 0.1) is 13.8 Å². The first kappa shape index (κ1) is 21.7. The van der Waals surface area contributed by atoms with Crippen LogP contribution in [0.1, 0.15) is 30.4 Å². The van der Waals surface area contributed by atoms with E-state index < -0.39 is 0 Å². The van der Waals surface area contributed by atoms with E-state index in [1.54, 1.807) is 7.11 Å². The smallest absolute Gasteiger partial charge is 0.244 e. The molecule has 1 heterocycles. The van der Waals surface area contributed by atoms with E-state index in [1.165, 1.54) is 6.42 Å². The molecule has 2 amide bonds. The molecule has 0 saturated carbocycles. The standard InChI is InChI=1S/C24H31N3O3/c1-18-7-10-20(11-8-18)27(17-24(29)26-13-5-4-6-14-26)16-23(28)25-21-15-19(2)9-12-22(21)30-3/h7-12,15H,4-6,13-14,16-17H2,1-3H3,(H,25,28). The van der Waals surface area contributed by atoms with Gasteiger partial charge in [-0.1, -0.05) is 23.8 Å². The van der Waals surface area contributed by atoms with Gasteiger partial charge in [-0.2, -0.15) is 0 Å². The van der Waals surface area contributed by atoms with Crippen molar-refractivity contribution < 1.29 is 14.3 Å². The third-order valence-corrected chi connectivity index (χ3v) is 5.40. The molecule has 0 radical (unpaired) electrons. The Balaban J connectivity index is 1.74. The molecule has 1 N–H and O–H groups in total. The first-order chi connectivity index (χ1) is 14.5. The number of nitrogens with zero attached hydrogens (tertiary/aromatic N) is 2. The van der Waals surface area contributed by atoms with E-state index in [4.69, 9.17) is 4.74 Å². The second-order valence-electron chi connectivity index (χ2n) is 7.88. The molecule has 1 saturated heterocycles. The van der Waals surface area contributed by atoms with E-state index in [9.17, 15) is 9.59 Å². The number of carbonyl (C=O) groups excluding carboxylic acids is 2. The molecule has 0 atom stereocenters. The summed E-state index contributed by atoms with van der Waals surface area (Å²) in [5.74, 6) is 0.488. The Bertz CT molecular complexity index is 874. The van der Waals surface area contributed by atoms with Gasteiger partial charge in [0.2, 0.25) is 11.8 Å². The molecule has 0 bridgehead atoms. The first-order valence-corrected chi connectivity index (χ1v) is 10.5. The van der Waals surface area contributed by atoms with Crippen LogP contribution in [0.15, 0.2) is 42.5 Å². The zero-order valence-electron chi connectivity index (χ0n) is 18.1. The second-order valence-corrected chi connectivity index (χ2v) is 7.88. The number of hydrogen-bond acceptors (Lipinski definition) is 4. The lowest BCUT2D eigenvalue weighted by molar-refractivity contribution is -0.130. The number of likely N-dealkylation sites (tertiary alicyclic amines) is 1. The highest BCUT2D eigenvalue weighted by Gasteiger charge is 2.21. The summed E-state index contributed by atoms with van der Waals surface area (Å²) in [6.45, 7) is 5.84. The minimum Gasteiger partial charge on any atom is -0.495 e. The maximum Gasteiger partial charge on any atom is 0.244 e. The fraction of sp³-hybridized carbons (Fsp3) is 0.417. The molecular weight excluding hydrogens is 378 g/mol. The van der Waals surface area contributed by atoms with Crippen molar-refractivity contribution in [2.75, 3.05) is 43.5 Å². The third-order valence-electron chi connectivity index (χ3n) is 5.40. The van der Waals surface area contributed by atoms with Crippen LogP contribution in [0.2, 0.25) is 0 Å². The van der Waals surface area contributed by atoms with Crippen molar-refractivity contribution in [1.82, 2.24) is 4.90 Å². The van der Waals surface area contributed by atoms with Crippen LogP contribution in [-0.2, 0) is 9.59 Å². The summed E-state index contributed by atoms with van der Waals surface area (Å²) in [4.78, 5) is 29.5. The number of carbonyl (C=O) groups is 2. The van der Waals surface area contributed by atoms with Crippen LogP contribution in [0.3, 0.4) is 0 Å². The van der Waals surface area contributed by atoms with Crippen molar-refractivity contribution in [3.63, 3.8) is 0 Å². The number of rotatable bonds is 7. The summed E-state index contributed by atoms with van der Waals surface area (Å²) in [6.07, 6.45) is 3.26. The molecule has 0 aliphatic carbocycles. The quantitative estimate of drug-likeness (QED) is 0.756. The number of piperidine rings is 1. The summed E-state index contributed by atoms with van der Waals surface area (Å²) < 4.78 is 5.36. The fourth-order valence-electron chi connectivity index (χ4n) is 3.68. The first-order valence-electron chi connectivity index (χ1n) is 10.5. The zero-order chi connectivity index (χ0) is 21.5. The summed E-state index contributed by atoms with van der Waals surface area (Å²) in [7, 11) is 1.58. The van der Waals surface area contributed by atoms with Gasteiger partial charge in [-0.25, -0.2) is 0 Å². The highest BCUT2D eigenvalue weighted by Crippen LogP contribution is 2.25. The van der Waals surface area contributed by atoms with Gasteiger partial charge < -0.3 is 19.9 Å². The topological polar surface area (TPSA) is 61.9 Å². The SMILES string of the molecule is COc1ccc(C)cc1NC(=O)CN(CC(=O)N1CCCCC1)c1ccc(C)cc1. The number of anilines is 2. The van der Waals surface area contributed by atoms with E-state index >= 15 is 0 Å². The number of benzene rings is 2. The van der Waals surface area contributed by atoms with Crippen molar-refractivity contribution in [2.24, 2.45) is 0 Å². The predicted octanol–water partition coefficient (Wildman–Crippen LogP) is 3.77. The molecule has 0 unspecified atom stereocenters. The van der Waals surface area contributed by atoms with E-state index in [0.717, 1.165) is 42.7 Å². The van der Waals surface area contributed by atoms with Crippen LogP contribution in [0.4, 0.5) is 11.4 Å². The van der Waals surface area contributed by atoms with Crippen LogP contribution >= 0.6 is 0 Å². The van der Waals surface area contributed by atoms with Gasteiger partial charge in [0.25, 0.3) is 0 Å². The normalized spacial score (nSPS) is 13.6. The van der Waals surface area contributed by atoms with Gasteiger partial charge in [0, 0.05) is 18.8 Å². The van der Waals surface area contributed by atoms with Crippen LogP contribution in [0.5, 0.6) is 5.75 Å². The van der Waals surface area contributed by atoms with Crippen molar-refractivity contribution in [2.45, 2.75) is 33.1 Å². The van der Waals surface area contributed by atoms with E-state index in [-0.39, 0.29) is 24.9 Å². The lowest BCUT2D eigenvalue weighted by Crippen LogP contribution is -2.45. The molecule has 1 aliphatic rings. The summed E-state index contributed by atoms with van der Waals surface area (Å²) in [6, 6.07) is 13.6. The monoisotopic (exact) mass is 409 g/mol. The molecule has 160 valence electrons. The van der Waals surface area contributed by atoms with Crippen LogP contribution < -0.4 is 15.0 Å². The Kier molecular flexibility index (Phi) is 7.33. The summed E-state index contributed by atoms with van der Waals surface area (Å²) >= 11 is 0. The molecule has 30 heavy (non-hydrogen) atoms. The fourth-order valence-corrected chi connectivity index (χ4v) is 3.68. The Morgan fingerprint density at radius 3 is 2.30 bits per heavy atom. The summed E-state index contributed by atoms with van der Waals surface area (Å²) in [5, 5.41) is 2.94. The Labute approximate surface area is 178 Å². The molecule has 2 aromatic rings. The van der Waals surface area contributed by atoms with Gasteiger partial charge in [0.15, 0.2) is 0 Å². The molecule has 1 aliphatic heterocycles. The van der Waals surface area contributed by atoms with Gasteiger partial charge >= 0.3 is 0 Å². The number of ether oxygens (including phenoxy) is 1. The zero-order valence-corrected chi connectivity index (χ0v) is 18.1. The largest absolute Gasteiger partial charge is 0.495 e. The molecule has 0 spiro atoms. The van der Waals surface area contributed by atoms with Crippen molar-refractivity contribution in [3.05, 3.63) is 53.6 Å². The maximum absolute atomic E-state index is 12.9. The van der Waals surface area contributed by atoms with Crippen molar-refractivity contribution in [1.29, 1.82) is 0 Å². The molecular formula is C24H31N3O3. The lowest BCUT2D eigenvalue weighted by Gasteiger charge is -2.31. The minimum atomic E-state index is -0.189. The second kappa shape index (κ2) is 10.1. The third kappa shape index (κ3) is 5.75. The van der Waals surface area contributed by atoms with Gasteiger partial charge in [0.05, 0.1) is 25.9 Å². The van der Waals surface area contributed by atoms with Crippen LogP contribution in [0.25, 0.3) is 0 Å². The highest BCUT2D eigenvalue weighted by atomic mass is 16.5. The molecule has 1 fully saturated rings. The Morgan fingerprint density at radius 2 is 1.63 bits per heavy atom. The number of nitrogens with one attached hydrogen (secondary N) is 1.